The van der Waals surface area contributed by atoms with Crippen molar-refractivity contribution in [2.75, 3.05) is 12.9 Å². The summed E-state index contributed by atoms with van der Waals surface area (Å²) >= 11 is 12.9. The number of hydrogen-bond donors (Lipinski definition) is 0. The van der Waals surface area contributed by atoms with Gasteiger partial charge in [-0.25, -0.2) is 0 Å². The van der Waals surface area contributed by atoms with Gasteiger partial charge in [-0.3, -0.25) is 14.5 Å². The van der Waals surface area contributed by atoms with Crippen LogP contribution in [0, 0.1) is 11.3 Å². The Morgan fingerprint density at radius 1 is 1.24 bits per heavy atom. The largest absolute Gasteiger partial charge is 0.449 e. The van der Waals surface area contributed by atoms with E-state index in [4.69, 9.17) is 33.3 Å². The van der Waals surface area contributed by atoms with E-state index in [0.29, 0.717) is 14.9 Å². The molecule has 5 nitrogen and oxygen atoms in total. The molecule has 0 spiro atoms. The maximum Gasteiger partial charge on any atom is 0.312 e. The van der Waals surface area contributed by atoms with E-state index in [0.717, 1.165) is 5.75 Å². The standard InChI is InChI=1S/C21H28ClNO4S2/c1-12(2)15-11-29-20(28)23(15)18(24)17(27-19(25)21(3,4)5)16(26-6)13-7-9-14(22)10-8-13/h7-10,12,15-17H,11H2,1-6H3/t15-,16-,17-/m1/s1. The summed E-state index contributed by atoms with van der Waals surface area (Å²) in [5, 5.41) is 0.565. The highest BCUT2D eigenvalue weighted by Crippen LogP contribution is 2.34. The number of hydrogen-bond acceptors (Lipinski definition) is 6. The molecule has 1 aromatic carbocycles. The molecular formula is C21H28ClNO4S2. The summed E-state index contributed by atoms with van der Waals surface area (Å²) in [5.41, 5.74) is -0.0787. The lowest BCUT2D eigenvalue weighted by Crippen LogP contribution is -2.50. The van der Waals surface area contributed by atoms with Crippen molar-refractivity contribution in [1.29, 1.82) is 0 Å². The maximum atomic E-state index is 13.6. The molecule has 1 saturated heterocycles. The van der Waals surface area contributed by atoms with Gasteiger partial charge in [0.1, 0.15) is 10.4 Å². The molecule has 0 unspecified atom stereocenters. The molecule has 1 aliphatic heterocycles. The van der Waals surface area contributed by atoms with Crippen molar-refractivity contribution in [2.24, 2.45) is 11.3 Å². The van der Waals surface area contributed by atoms with Crippen LogP contribution in [0.4, 0.5) is 0 Å². The highest BCUT2D eigenvalue weighted by Gasteiger charge is 2.44. The first-order valence-electron chi connectivity index (χ1n) is 9.46. The minimum absolute atomic E-state index is 0.0569. The van der Waals surface area contributed by atoms with Crippen molar-refractivity contribution < 1.29 is 19.1 Å². The van der Waals surface area contributed by atoms with E-state index in [1.54, 1.807) is 49.9 Å². The lowest BCUT2D eigenvalue weighted by molar-refractivity contribution is -0.175. The first kappa shape index (κ1) is 24.1. The maximum absolute atomic E-state index is 13.6. The molecule has 0 bridgehead atoms. The number of amides is 1. The van der Waals surface area contributed by atoms with Crippen molar-refractivity contribution in [3.8, 4) is 0 Å². The summed E-state index contributed by atoms with van der Waals surface area (Å²) in [5.74, 6) is 0.0899. The third kappa shape index (κ3) is 5.72. The number of thiocarbonyl (C=S) groups is 1. The monoisotopic (exact) mass is 457 g/mol. The number of ether oxygens (including phenoxy) is 2. The summed E-state index contributed by atoms with van der Waals surface area (Å²) in [7, 11) is 1.49. The molecule has 0 aromatic heterocycles. The smallest absolute Gasteiger partial charge is 0.312 e. The number of rotatable bonds is 6. The highest BCUT2D eigenvalue weighted by atomic mass is 35.5. The van der Waals surface area contributed by atoms with Gasteiger partial charge in [0.15, 0.2) is 0 Å². The number of halogens is 1. The van der Waals surface area contributed by atoms with Crippen molar-refractivity contribution in [1.82, 2.24) is 4.90 Å². The Balaban J connectivity index is 2.45. The summed E-state index contributed by atoms with van der Waals surface area (Å²) in [6.45, 7) is 9.32. The van der Waals surface area contributed by atoms with Crippen LogP contribution < -0.4 is 0 Å². The summed E-state index contributed by atoms with van der Waals surface area (Å²) in [6, 6.07) is 6.89. The second kappa shape index (κ2) is 9.77. The molecule has 1 heterocycles. The Morgan fingerprint density at radius 2 is 1.83 bits per heavy atom. The predicted molar refractivity (Wildman–Crippen MR) is 121 cm³/mol. The fraction of sp³-hybridized carbons (Fsp3) is 0.571. The lowest BCUT2D eigenvalue weighted by atomic mass is 9.96. The van der Waals surface area contributed by atoms with Gasteiger partial charge >= 0.3 is 5.97 Å². The van der Waals surface area contributed by atoms with E-state index in [9.17, 15) is 9.59 Å². The van der Waals surface area contributed by atoms with Crippen LogP contribution in [-0.2, 0) is 19.1 Å². The number of esters is 1. The zero-order valence-corrected chi connectivity index (χ0v) is 20.0. The van der Waals surface area contributed by atoms with Crippen LogP contribution in [0.2, 0.25) is 5.02 Å². The Morgan fingerprint density at radius 3 is 2.31 bits per heavy atom. The molecule has 1 aromatic rings. The van der Waals surface area contributed by atoms with Gasteiger partial charge in [0.2, 0.25) is 6.10 Å². The number of thioether (sulfide) groups is 1. The number of carbonyl (C=O) groups is 2. The molecular weight excluding hydrogens is 430 g/mol. The van der Waals surface area contributed by atoms with Gasteiger partial charge in [-0.15, -0.1) is 0 Å². The Labute approximate surface area is 187 Å². The Hall–Kier alpha value is -1.15. The average molecular weight is 458 g/mol. The molecule has 0 N–H and O–H groups in total. The summed E-state index contributed by atoms with van der Waals surface area (Å²) < 4.78 is 11.9. The molecule has 0 aliphatic carbocycles. The summed E-state index contributed by atoms with van der Waals surface area (Å²) in [4.78, 5) is 27.9. The molecule has 1 amide bonds. The topological polar surface area (TPSA) is 55.8 Å². The molecule has 160 valence electrons. The van der Waals surface area contributed by atoms with E-state index < -0.39 is 23.6 Å². The predicted octanol–water partition coefficient (Wildman–Crippen LogP) is 4.87. The van der Waals surface area contributed by atoms with Crippen LogP contribution in [0.5, 0.6) is 0 Å². The highest BCUT2D eigenvalue weighted by molar-refractivity contribution is 8.23. The fourth-order valence-electron chi connectivity index (χ4n) is 2.94. The second-order valence-corrected chi connectivity index (χ2v) is 10.5. The molecule has 1 aliphatic rings. The third-order valence-electron chi connectivity index (χ3n) is 4.73. The van der Waals surface area contributed by atoms with Crippen molar-refractivity contribution >= 4 is 51.8 Å². The number of nitrogens with zero attached hydrogens (tertiary/aromatic N) is 1. The molecule has 2 rings (SSSR count). The van der Waals surface area contributed by atoms with Crippen LogP contribution in [0.3, 0.4) is 0 Å². The van der Waals surface area contributed by atoms with Crippen molar-refractivity contribution in [3.63, 3.8) is 0 Å². The van der Waals surface area contributed by atoms with Crippen LogP contribution in [0.25, 0.3) is 0 Å². The normalized spacial score (nSPS) is 19.4. The van der Waals surface area contributed by atoms with E-state index >= 15 is 0 Å². The van der Waals surface area contributed by atoms with Gasteiger partial charge in [-0.05, 0) is 44.4 Å². The van der Waals surface area contributed by atoms with Crippen LogP contribution in [-0.4, -0.2) is 46.1 Å². The molecule has 0 radical (unpaired) electrons. The number of methoxy groups -OCH3 is 1. The number of benzene rings is 1. The Kier molecular flexibility index (Phi) is 8.13. The van der Waals surface area contributed by atoms with Gasteiger partial charge in [-0.1, -0.05) is 61.6 Å². The second-order valence-electron chi connectivity index (χ2n) is 8.38. The molecule has 8 heteroatoms. The fourth-order valence-corrected chi connectivity index (χ4v) is 4.71. The minimum atomic E-state index is -1.16. The minimum Gasteiger partial charge on any atom is -0.449 e. The van der Waals surface area contributed by atoms with E-state index in [1.165, 1.54) is 18.9 Å². The van der Waals surface area contributed by atoms with Crippen molar-refractivity contribution in [3.05, 3.63) is 34.9 Å². The zero-order valence-electron chi connectivity index (χ0n) is 17.6. The van der Waals surface area contributed by atoms with Gasteiger partial charge < -0.3 is 9.47 Å². The van der Waals surface area contributed by atoms with Gasteiger partial charge in [0, 0.05) is 17.9 Å². The average Bonchev–Trinajstić information content (AvgIpc) is 3.03. The third-order valence-corrected chi connectivity index (χ3v) is 6.48. The molecule has 29 heavy (non-hydrogen) atoms. The molecule has 0 saturated carbocycles. The van der Waals surface area contributed by atoms with Crippen molar-refractivity contribution in [2.45, 2.75) is 52.9 Å². The summed E-state index contributed by atoms with van der Waals surface area (Å²) in [6.07, 6.45) is -1.95. The molecule has 3 atom stereocenters. The van der Waals surface area contributed by atoms with E-state index in [2.05, 4.69) is 0 Å². The van der Waals surface area contributed by atoms with Crippen LogP contribution in [0.1, 0.15) is 46.3 Å². The van der Waals surface area contributed by atoms with E-state index in [1.807, 2.05) is 13.8 Å². The lowest BCUT2D eigenvalue weighted by Gasteiger charge is -2.34. The Bertz CT molecular complexity index is 761. The van der Waals surface area contributed by atoms with Crippen LogP contribution in [0.15, 0.2) is 24.3 Å². The number of carbonyl (C=O) groups excluding carboxylic acids is 2. The van der Waals surface area contributed by atoms with Gasteiger partial charge in [0.25, 0.3) is 5.91 Å². The zero-order chi connectivity index (χ0) is 21.9. The quantitative estimate of drug-likeness (QED) is 0.448. The SMILES string of the molecule is CO[C@H](c1ccc(Cl)cc1)[C@@H](OC(=O)C(C)(C)C)C(=O)N1C(=S)SC[C@@H]1C(C)C. The first-order chi connectivity index (χ1) is 13.5. The van der Waals surface area contributed by atoms with Gasteiger partial charge in [0.05, 0.1) is 11.5 Å². The molecule has 1 fully saturated rings. The first-order valence-corrected chi connectivity index (χ1v) is 11.2. The van der Waals surface area contributed by atoms with Crippen LogP contribution >= 0.6 is 35.6 Å². The van der Waals surface area contributed by atoms with E-state index in [-0.39, 0.29) is 17.9 Å². The van der Waals surface area contributed by atoms with Gasteiger partial charge in [-0.2, -0.15) is 0 Å².